The fraction of sp³-hybridized carbons (Fsp3) is 0.227. The quantitative estimate of drug-likeness (QED) is 0.514. The van der Waals surface area contributed by atoms with Crippen LogP contribution < -0.4 is 10.1 Å². The van der Waals surface area contributed by atoms with Crippen molar-refractivity contribution in [1.29, 1.82) is 0 Å². The summed E-state index contributed by atoms with van der Waals surface area (Å²) in [5.74, 6) is 0.597. The first-order valence-corrected chi connectivity index (χ1v) is 9.49. The monoisotopic (exact) mass is 427 g/mol. The van der Waals surface area contributed by atoms with Gasteiger partial charge in [0.25, 0.3) is 0 Å². The van der Waals surface area contributed by atoms with Crippen LogP contribution in [0.3, 0.4) is 0 Å². The second-order valence-corrected chi connectivity index (χ2v) is 8.16. The summed E-state index contributed by atoms with van der Waals surface area (Å²) in [6.45, 7) is 5.90. The van der Waals surface area contributed by atoms with E-state index < -0.39 is 11.7 Å². The van der Waals surface area contributed by atoms with Crippen LogP contribution in [0.2, 0.25) is 0 Å². The van der Waals surface area contributed by atoms with E-state index in [0.717, 1.165) is 20.8 Å². The lowest BCUT2D eigenvalue weighted by molar-refractivity contribution is 0.0635. The highest BCUT2D eigenvalue weighted by Gasteiger charge is 2.18. The number of benzene rings is 3. The minimum absolute atomic E-state index is 0.409. The molecule has 0 aromatic heterocycles. The molecular formula is C22H22BrNO3. The first-order valence-electron chi connectivity index (χ1n) is 8.70. The lowest BCUT2D eigenvalue weighted by atomic mass is 10.1. The minimum atomic E-state index is -0.574. The molecule has 3 aromatic rings. The van der Waals surface area contributed by atoms with Crippen molar-refractivity contribution in [1.82, 2.24) is 0 Å². The molecule has 0 spiro atoms. The number of carbonyl (C=O) groups is 1. The van der Waals surface area contributed by atoms with Crippen LogP contribution in [0.25, 0.3) is 10.8 Å². The number of carbonyl (C=O) groups excluding carboxylic acids is 1. The zero-order valence-corrected chi connectivity index (χ0v) is 17.2. The Morgan fingerprint density at radius 1 is 1.00 bits per heavy atom. The van der Waals surface area contributed by atoms with Crippen LogP contribution in [0.5, 0.6) is 5.75 Å². The van der Waals surface area contributed by atoms with E-state index in [0.29, 0.717) is 18.0 Å². The highest BCUT2D eigenvalue weighted by molar-refractivity contribution is 9.10. The van der Waals surface area contributed by atoms with E-state index in [2.05, 4.69) is 21.2 Å². The average Bonchev–Trinajstić information content (AvgIpc) is 2.59. The van der Waals surface area contributed by atoms with Crippen LogP contribution in [0.4, 0.5) is 10.5 Å². The third-order valence-corrected chi connectivity index (χ3v) is 4.27. The summed E-state index contributed by atoms with van der Waals surface area (Å²) in [7, 11) is 0. The first kappa shape index (κ1) is 19.2. The Balaban J connectivity index is 1.90. The summed E-state index contributed by atoms with van der Waals surface area (Å²) in [6, 6.07) is 19.7. The number of halogens is 1. The highest BCUT2D eigenvalue weighted by Crippen LogP contribution is 2.33. The van der Waals surface area contributed by atoms with Crippen LogP contribution in [-0.2, 0) is 11.3 Å². The predicted octanol–water partition coefficient (Wildman–Crippen LogP) is 6.53. The van der Waals surface area contributed by atoms with E-state index in [1.54, 1.807) is 0 Å². The third kappa shape index (κ3) is 5.47. The Hall–Kier alpha value is -2.53. The van der Waals surface area contributed by atoms with Gasteiger partial charge in [0.1, 0.15) is 18.0 Å². The molecule has 0 saturated carbocycles. The lowest BCUT2D eigenvalue weighted by Crippen LogP contribution is -2.27. The number of anilines is 1. The van der Waals surface area contributed by atoms with Crippen molar-refractivity contribution in [3.8, 4) is 5.75 Å². The maximum Gasteiger partial charge on any atom is 0.412 e. The summed E-state index contributed by atoms with van der Waals surface area (Å²) < 4.78 is 12.4. The summed E-state index contributed by atoms with van der Waals surface area (Å²) in [5, 5.41) is 4.83. The maximum atomic E-state index is 12.3. The average molecular weight is 428 g/mol. The number of rotatable bonds is 4. The Morgan fingerprint density at radius 2 is 1.74 bits per heavy atom. The second-order valence-electron chi connectivity index (χ2n) is 7.24. The lowest BCUT2D eigenvalue weighted by Gasteiger charge is -2.21. The Bertz CT molecular complexity index is 949. The Kier molecular flexibility index (Phi) is 5.71. The van der Waals surface area contributed by atoms with Gasteiger partial charge in [-0.2, -0.15) is 0 Å². The molecule has 3 rings (SSSR count). The number of fused-ring (bicyclic) bond motifs is 1. The molecule has 0 aliphatic heterocycles. The molecule has 0 aliphatic carbocycles. The van der Waals surface area contributed by atoms with Gasteiger partial charge in [0, 0.05) is 4.47 Å². The Labute approximate surface area is 167 Å². The maximum absolute atomic E-state index is 12.3. The summed E-state index contributed by atoms with van der Waals surface area (Å²) >= 11 is 3.48. The number of amides is 1. The summed E-state index contributed by atoms with van der Waals surface area (Å²) in [5.41, 5.74) is 1.05. The molecule has 1 N–H and O–H groups in total. The van der Waals surface area contributed by atoms with Gasteiger partial charge in [0.05, 0.1) is 5.69 Å². The molecule has 0 bridgehead atoms. The van der Waals surface area contributed by atoms with Gasteiger partial charge in [-0.05, 0) is 61.4 Å². The molecule has 27 heavy (non-hydrogen) atoms. The molecule has 140 valence electrons. The molecule has 0 unspecified atom stereocenters. The van der Waals surface area contributed by atoms with Gasteiger partial charge in [-0.15, -0.1) is 0 Å². The Morgan fingerprint density at radius 3 is 2.44 bits per heavy atom. The molecule has 0 atom stereocenters. The van der Waals surface area contributed by atoms with Gasteiger partial charge in [0.2, 0.25) is 0 Å². The molecule has 0 fully saturated rings. The molecule has 0 saturated heterocycles. The molecule has 1 amide bonds. The predicted molar refractivity (Wildman–Crippen MR) is 112 cm³/mol. The SMILES string of the molecule is CC(C)(C)OC(=O)Nc1cc2cc(Br)ccc2cc1OCc1ccccc1. The fourth-order valence-electron chi connectivity index (χ4n) is 2.61. The van der Waals surface area contributed by atoms with E-state index in [4.69, 9.17) is 9.47 Å². The van der Waals surface area contributed by atoms with Crippen LogP contribution >= 0.6 is 15.9 Å². The first-order chi connectivity index (χ1) is 12.8. The number of ether oxygens (including phenoxy) is 2. The van der Waals surface area contributed by atoms with Crippen LogP contribution in [-0.4, -0.2) is 11.7 Å². The molecule has 0 aliphatic rings. The smallest absolute Gasteiger partial charge is 0.412 e. The molecule has 0 heterocycles. The van der Waals surface area contributed by atoms with Crippen molar-refractivity contribution < 1.29 is 14.3 Å². The molecular weight excluding hydrogens is 406 g/mol. The van der Waals surface area contributed by atoms with Gasteiger partial charge in [-0.1, -0.05) is 52.3 Å². The van der Waals surface area contributed by atoms with Crippen LogP contribution in [0.15, 0.2) is 65.1 Å². The van der Waals surface area contributed by atoms with Crippen LogP contribution in [0, 0.1) is 0 Å². The number of hydrogen-bond acceptors (Lipinski definition) is 3. The van der Waals surface area contributed by atoms with Crippen molar-refractivity contribution >= 4 is 38.5 Å². The summed E-state index contributed by atoms with van der Waals surface area (Å²) in [4.78, 5) is 12.3. The third-order valence-electron chi connectivity index (χ3n) is 3.77. The van der Waals surface area contributed by atoms with Gasteiger partial charge < -0.3 is 9.47 Å². The zero-order valence-electron chi connectivity index (χ0n) is 15.6. The molecule has 4 nitrogen and oxygen atoms in total. The minimum Gasteiger partial charge on any atom is -0.487 e. The topological polar surface area (TPSA) is 47.6 Å². The van der Waals surface area contributed by atoms with E-state index in [1.165, 1.54) is 0 Å². The van der Waals surface area contributed by atoms with Gasteiger partial charge in [0.15, 0.2) is 0 Å². The normalized spacial score (nSPS) is 11.3. The fourth-order valence-corrected chi connectivity index (χ4v) is 2.99. The molecule has 5 heteroatoms. The second kappa shape index (κ2) is 8.01. The van der Waals surface area contributed by atoms with E-state index in [-0.39, 0.29) is 0 Å². The van der Waals surface area contributed by atoms with Crippen molar-refractivity contribution in [2.45, 2.75) is 33.0 Å². The van der Waals surface area contributed by atoms with Crippen molar-refractivity contribution in [2.24, 2.45) is 0 Å². The van der Waals surface area contributed by atoms with Crippen molar-refractivity contribution in [3.05, 3.63) is 70.7 Å². The number of hydrogen-bond donors (Lipinski definition) is 1. The molecule has 3 aromatic carbocycles. The van der Waals surface area contributed by atoms with Gasteiger partial charge in [-0.3, -0.25) is 5.32 Å². The van der Waals surface area contributed by atoms with Crippen molar-refractivity contribution in [3.63, 3.8) is 0 Å². The van der Waals surface area contributed by atoms with Gasteiger partial charge >= 0.3 is 6.09 Å². The highest BCUT2D eigenvalue weighted by atomic mass is 79.9. The van der Waals surface area contributed by atoms with Crippen molar-refractivity contribution in [2.75, 3.05) is 5.32 Å². The number of nitrogens with one attached hydrogen (secondary N) is 1. The van der Waals surface area contributed by atoms with Gasteiger partial charge in [-0.25, -0.2) is 4.79 Å². The van der Waals surface area contributed by atoms with E-state index in [1.807, 2.05) is 81.4 Å². The van der Waals surface area contributed by atoms with Crippen LogP contribution in [0.1, 0.15) is 26.3 Å². The zero-order chi connectivity index (χ0) is 19.4. The van der Waals surface area contributed by atoms with E-state index >= 15 is 0 Å². The van der Waals surface area contributed by atoms with E-state index in [9.17, 15) is 4.79 Å². The standard InChI is InChI=1S/C22H22BrNO3/c1-22(2,3)27-21(25)24-19-12-17-11-18(23)10-9-16(17)13-20(19)26-14-15-7-5-4-6-8-15/h4-13H,14H2,1-3H3,(H,24,25). The molecule has 0 radical (unpaired) electrons. The summed E-state index contributed by atoms with van der Waals surface area (Å²) in [6.07, 6.45) is -0.513. The largest absolute Gasteiger partial charge is 0.487 e.